The summed E-state index contributed by atoms with van der Waals surface area (Å²) in [6, 6.07) is 10.2. The quantitative estimate of drug-likeness (QED) is 0.676. The van der Waals surface area contributed by atoms with Gasteiger partial charge in [-0.25, -0.2) is 0 Å². The van der Waals surface area contributed by atoms with Crippen LogP contribution in [0.4, 0.5) is 13.2 Å². The van der Waals surface area contributed by atoms with Crippen molar-refractivity contribution >= 4 is 11.9 Å². The van der Waals surface area contributed by atoms with Crippen LogP contribution in [0.1, 0.15) is 21.5 Å². The second-order valence-corrected chi connectivity index (χ2v) is 4.36. The molecule has 2 aromatic rings. The normalized spacial score (nSPS) is 11.8. The lowest BCUT2D eigenvalue weighted by Crippen LogP contribution is -2.05. The fourth-order valence-electron chi connectivity index (χ4n) is 1.68. The number of carbonyl (C=O) groups excluding carboxylic acids is 1. The van der Waals surface area contributed by atoms with E-state index in [1.54, 1.807) is 12.1 Å². The molecular formula is C16H11F3O2. The summed E-state index contributed by atoms with van der Waals surface area (Å²) in [5, 5.41) is 9.12. The number of benzene rings is 2. The third kappa shape index (κ3) is 3.95. The second-order valence-electron chi connectivity index (χ2n) is 4.36. The SMILES string of the molecule is O=C(/C=C/c1ccc(O)cc1)c1ccc(C(F)(F)F)cc1. The first-order valence-corrected chi connectivity index (χ1v) is 6.05. The van der Waals surface area contributed by atoms with Gasteiger partial charge in [0, 0.05) is 5.56 Å². The molecule has 2 aromatic carbocycles. The number of carbonyl (C=O) groups is 1. The molecule has 0 fully saturated rings. The van der Waals surface area contributed by atoms with Crippen LogP contribution >= 0.6 is 0 Å². The molecule has 0 aromatic heterocycles. The lowest BCUT2D eigenvalue weighted by atomic mass is 10.1. The van der Waals surface area contributed by atoms with Crippen molar-refractivity contribution in [3.63, 3.8) is 0 Å². The van der Waals surface area contributed by atoms with E-state index in [9.17, 15) is 18.0 Å². The maximum Gasteiger partial charge on any atom is 0.416 e. The Morgan fingerprint density at radius 2 is 1.52 bits per heavy atom. The Labute approximate surface area is 119 Å². The zero-order valence-electron chi connectivity index (χ0n) is 10.8. The molecule has 0 spiro atoms. The minimum Gasteiger partial charge on any atom is -0.508 e. The molecule has 21 heavy (non-hydrogen) atoms. The second kappa shape index (κ2) is 5.83. The van der Waals surface area contributed by atoms with Crippen molar-refractivity contribution in [1.29, 1.82) is 0 Å². The summed E-state index contributed by atoms with van der Waals surface area (Å²) in [7, 11) is 0. The van der Waals surface area contributed by atoms with Crippen molar-refractivity contribution in [2.75, 3.05) is 0 Å². The molecule has 0 heterocycles. The van der Waals surface area contributed by atoms with E-state index in [2.05, 4.69) is 0 Å². The third-order valence-corrected chi connectivity index (χ3v) is 2.82. The summed E-state index contributed by atoms with van der Waals surface area (Å²) < 4.78 is 37.2. The highest BCUT2D eigenvalue weighted by atomic mass is 19.4. The van der Waals surface area contributed by atoms with Gasteiger partial charge in [-0.1, -0.05) is 30.3 Å². The zero-order valence-corrected chi connectivity index (χ0v) is 10.8. The molecular weight excluding hydrogens is 281 g/mol. The summed E-state index contributed by atoms with van der Waals surface area (Å²) in [4.78, 5) is 11.8. The average molecular weight is 292 g/mol. The highest BCUT2D eigenvalue weighted by Gasteiger charge is 2.30. The van der Waals surface area contributed by atoms with E-state index >= 15 is 0 Å². The number of halogens is 3. The molecule has 0 radical (unpaired) electrons. The van der Waals surface area contributed by atoms with E-state index < -0.39 is 17.5 Å². The van der Waals surface area contributed by atoms with Gasteiger partial charge in [-0.3, -0.25) is 4.79 Å². The number of allylic oxidation sites excluding steroid dienone is 1. The van der Waals surface area contributed by atoms with Crippen LogP contribution in [0.25, 0.3) is 6.08 Å². The first kappa shape index (κ1) is 14.8. The van der Waals surface area contributed by atoms with Gasteiger partial charge in [-0.05, 0) is 35.9 Å². The Morgan fingerprint density at radius 1 is 0.952 bits per heavy atom. The van der Waals surface area contributed by atoms with Crippen molar-refractivity contribution in [1.82, 2.24) is 0 Å². The predicted molar refractivity (Wildman–Crippen MR) is 72.9 cm³/mol. The van der Waals surface area contributed by atoms with Gasteiger partial charge in [0.15, 0.2) is 5.78 Å². The van der Waals surface area contributed by atoms with Gasteiger partial charge in [0.2, 0.25) is 0 Å². The molecule has 2 nitrogen and oxygen atoms in total. The molecule has 0 aliphatic carbocycles. The standard InChI is InChI=1S/C16H11F3O2/c17-16(18,19)13-6-4-12(5-7-13)15(21)10-3-11-1-8-14(20)9-2-11/h1-10,20H/b10-3+. The molecule has 1 N–H and O–H groups in total. The molecule has 0 saturated heterocycles. The molecule has 0 unspecified atom stereocenters. The average Bonchev–Trinajstić information content (AvgIpc) is 2.45. The van der Waals surface area contributed by atoms with Gasteiger partial charge in [0.05, 0.1) is 5.56 Å². The van der Waals surface area contributed by atoms with Crippen molar-refractivity contribution in [2.24, 2.45) is 0 Å². The smallest absolute Gasteiger partial charge is 0.416 e. The monoisotopic (exact) mass is 292 g/mol. The molecule has 5 heteroatoms. The summed E-state index contributed by atoms with van der Waals surface area (Å²) >= 11 is 0. The number of hydrogen-bond acceptors (Lipinski definition) is 2. The molecule has 0 aliphatic heterocycles. The lowest BCUT2D eigenvalue weighted by molar-refractivity contribution is -0.137. The Morgan fingerprint density at radius 3 is 2.05 bits per heavy atom. The zero-order chi connectivity index (χ0) is 15.5. The predicted octanol–water partition coefficient (Wildman–Crippen LogP) is 4.31. The van der Waals surface area contributed by atoms with Crippen molar-refractivity contribution in [2.45, 2.75) is 6.18 Å². The van der Waals surface area contributed by atoms with Crippen LogP contribution in [0.3, 0.4) is 0 Å². The molecule has 2 rings (SSSR count). The largest absolute Gasteiger partial charge is 0.508 e. The molecule has 0 saturated carbocycles. The summed E-state index contributed by atoms with van der Waals surface area (Å²) in [6.45, 7) is 0. The van der Waals surface area contributed by atoms with Crippen molar-refractivity contribution in [3.8, 4) is 5.75 Å². The van der Waals surface area contributed by atoms with Crippen LogP contribution in [0, 0.1) is 0 Å². The number of alkyl halides is 3. The Balaban J connectivity index is 2.11. The van der Waals surface area contributed by atoms with E-state index in [-0.39, 0.29) is 11.3 Å². The Kier molecular flexibility index (Phi) is 4.12. The Hall–Kier alpha value is -2.56. The van der Waals surface area contributed by atoms with Gasteiger partial charge < -0.3 is 5.11 Å². The summed E-state index contributed by atoms with van der Waals surface area (Å²) in [5.41, 5.74) is 0.0904. The topological polar surface area (TPSA) is 37.3 Å². The van der Waals surface area contributed by atoms with Gasteiger partial charge in [0.1, 0.15) is 5.75 Å². The van der Waals surface area contributed by atoms with Crippen LogP contribution in [-0.4, -0.2) is 10.9 Å². The molecule has 108 valence electrons. The highest BCUT2D eigenvalue weighted by molar-refractivity contribution is 6.06. The van der Waals surface area contributed by atoms with E-state index in [1.807, 2.05) is 0 Å². The first-order chi connectivity index (χ1) is 9.86. The van der Waals surface area contributed by atoms with Crippen molar-refractivity contribution in [3.05, 3.63) is 71.3 Å². The lowest BCUT2D eigenvalue weighted by Gasteiger charge is -2.06. The van der Waals surface area contributed by atoms with Crippen molar-refractivity contribution < 1.29 is 23.1 Å². The number of hydrogen-bond donors (Lipinski definition) is 1. The van der Waals surface area contributed by atoms with E-state index in [0.717, 1.165) is 24.3 Å². The van der Waals surface area contributed by atoms with Crippen LogP contribution < -0.4 is 0 Å². The number of rotatable bonds is 3. The number of aromatic hydroxyl groups is 1. The highest BCUT2D eigenvalue weighted by Crippen LogP contribution is 2.29. The van der Waals surface area contributed by atoms with Crippen LogP contribution in [0.5, 0.6) is 5.75 Å². The molecule has 0 amide bonds. The van der Waals surface area contributed by atoms with Crippen LogP contribution in [0.15, 0.2) is 54.6 Å². The van der Waals surface area contributed by atoms with Gasteiger partial charge in [0.25, 0.3) is 0 Å². The minimum atomic E-state index is -4.41. The van der Waals surface area contributed by atoms with Crippen LogP contribution in [0.2, 0.25) is 0 Å². The molecule has 0 bridgehead atoms. The van der Waals surface area contributed by atoms with Gasteiger partial charge >= 0.3 is 6.18 Å². The van der Waals surface area contributed by atoms with Gasteiger partial charge in [-0.2, -0.15) is 13.2 Å². The summed E-state index contributed by atoms with van der Waals surface area (Å²) in [6.07, 6.45) is -1.61. The summed E-state index contributed by atoms with van der Waals surface area (Å²) in [5.74, 6) is -0.280. The first-order valence-electron chi connectivity index (χ1n) is 6.05. The number of phenolic OH excluding ortho intramolecular Hbond substituents is 1. The Bertz CT molecular complexity index is 653. The van der Waals surface area contributed by atoms with E-state index in [0.29, 0.717) is 5.56 Å². The maximum absolute atomic E-state index is 12.4. The fourth-order valence-corrected chi connectivity index (χ4v) is 1.68. The maximum atomic E-state index is 12.4. The molecule has 0 atom stereocenters. The van der Waals surface area contributed by atoms with Gasteiger partial charge in [-0.15, -0.1) is 0 Å². The minimum absolute atomic E-state index is 0.112. The molecule has 0 aliphatic rings. The number of phenols is 1. The number of ketones is 1. The van der Waals surface area contributed by atoms with E-state index in [4.69, 9.17) is 5.11 Å². The van der Waals surface area contributed by atoms with Crippen LogP contribution in [-0.2, 0) is 6.18 Å². The third-order valence-electron chi connectivity index (χ3n) is 2.82. The fraction of sp³-hybridized carbons (Fsp3) is 0.0625. The van der Waals surface area contributed by atoms with E-state index in [1.165, 1.54) is 24.3 Å².